The lowest BCUT2D eigenvalue weighted by atomic mass is 10.1. The highest BCUT2D eigenvalue weighted by Gasteiger charge is 2.25. The molecule has 0 amide bonds. The van der Waals surface area contributed by atoms with Crippen LogP contribution in [-0.2, 0) is 4.79 Å². The van der Waals surface area contributed by atoms with Crippen LogP contribution in [-0.4, -0.2) is 22.8 Å². The van der Waals surface area contributed by atoms with Gasteiger partial charge in [-0.15, -0.1) is 0 Å². The van der Waals surface area contributed by atoms with E-state index >= 15 is 0 Å². The summed E-state index contributed by atoms with van der Waals surface area (Å²) in [6.45, 7) is 0.557. The van der Waals surface area contributed by atoms with Crippen molar-refractivity contribution >= 4 is 17.6 Å². The Labute approximate surface area is 104 Å². The fraction of sp³-hybridized carbons (Fsp3) is 0.417. The van der Waals surface area contributed by atoms with Crippen LogP contribution >= 0.6 is 11.6 Å². The van der Waals surface area contributed by atoms with Crippen LogP contribution in [0, 0.1) is 5.92 Å². The Morgan fingerprint density at radius 3 is 2.82 bits per heavy atom. The average Bonchev–Trinajstić information content (AvgIpc) is 3.10. The zero-order valence-electron chi connectivity index (χ0n) is 9.10. The molecule has 1 aromatic carbocycles. The van der Waals surface area contributed by atoms with Crippen molar-refractivity contribution < 1.29 is 19.7 Å². The van der Waals surface area contributed by atoms with Crippen molar-refractivity contribution in [2.24, 2.45) is 5.92 Å². The molecule has 0 heterocycles. The molecular weight excluding hydrogens is 244 g/mol. The number of hydrogen-bond donors (Lipinski definition) is 2. The van der Waals surface area contributed by atoms with Crippen LogP contribution in [0.25, 0.3) is 0 Å². The van der Waals surface area contributed by atoms with E-state index in [1.165, 1.54) is 6.07 Å². The third kappa shape index (κ3) is 3.11. The third-order valence-corrected chi connectivity index (χ3v) is 2.91. The minimum Gasteiger partial charge on any atom is -0.493 e. The number of carbonyl (C=O) groups is 1. The molecular formula is C12H13ClO4. The summed E-state index contributed by atoms with van der Waals surface area (Å²) in [6, 6.07) is 4.62. The van der Waals surface area contributed by atoms with E-state index in [-0.39, 0.29) is 5.56 Å². The summed E-state index contributed by atoms with van der Waals surface area (Å²) in [5, 5.41) is 18.7. The number of aliphatic carboxylic acids is 1. The predicted molar refractivity (Wildman–Crippen MR) is 62.3 cm³/mol. The Morgan fingerprint density at radius 1 is 1.53 bits per heavy atom. The van der Waals surface area contributed by atoms with Crippen molar-refractivity contribution in [2.75, 3.05) is 6.61 Å². The quantitative estimate of drug-likeness (QED) is 0.848. The van der Waals surface area contributed by atoms with Crippen molar-refractivity contribution in [2.45, 2.75) is 18.9 Å². The van der Waals surface area contributed by atoms with E-state index < -0.39 is 12.1 Å². The van der Waals surface area contributed by atoms with Crippen molar-refractivity contribution in [3.63, 3.8) is 0 Å². The molecule has 1 aromatic rings. The molecule has 2 N–H and O–H groups in total. The van der Waals surface area contributed by atoms with Gasteiger partial charge in [0.05, 0.1) is 6.61 Å². The molecule has 1 aliphatic rings. The Morgan fingerprint density at radius 2 is 2.24 bits per heavy atom. The van der Waals surface area contributed by atoms with Crippen LogP contribution in [0.15, 0.2) is 18.2 Å². The van der Waals surface area contributed by atoms with Gasteiger partial charge in [0.25, 0.3) is 0 Å². The number of carboxylic acid groups (broad SMARTS) is 1. The topological polar surface area (TPSA) is 66.8 Å². The standard InChI is InChI=1S/C12H13ClO4/c13-8-3-4-10(17-6-7-1-2-7)9(5-8)11(14)12(15)16/h3-5,7,11,14H,1-2,6H2,(H,15,16). The van der Waals surface area contributed by atoms with Gasteiger partial charge in [-0.1, -0.05) is 11.6 Å². The number of halogens is 1. The van der Waals surface area contributed by atoms with Crippen LogP contribution in [0.4, 0.5) is 0 Å². The molecule has 0 aliphatic heterocycles. The molecule has 1 unspecified atom stereocenters. The average molecular weight is 257 g/mol. The molecule has 92 valence electrons. The maximum Gasteiger partial charge on any atom is 0.337 e. The molecule has 4 nitrogen and oxygen atoms in total. The number of aliphatic hydroxyl groups is 1. The van der Waals surface area contributed by atoms with Gasteiger partial charge < -0.3 is 14.9 Å². The van der Waals surface area contributed by atoms with E-state index in [1.807, 2.05) is 0 Å². The van der Waals surface area contributed by atoms with Crippen LogP contribution in [0.5, 0.6) is 5.75 Å². The summed E-state index contributed by atoms with van der Waals surface area (Å²) in [4.78, 5) is 10.8. The minimum atomic E-state index is -1.61. The first-order valence-corrected chi connectivity index (χ1v) is 5.79. The Kier molecular flexibility index (Phi) is 3.54. The molecule has 1 aliphatic carbocycles. The number of rotatable bonds is 5. The predicted octanol–water partition coefficient (Wildman–Crippen LogP) is 2.25. The number of aliphatic hydroxyl groups excluding tert-OH is 1. The number of ether oxygens (including phenoxy) is 1. The van der Waals surface area contributed by atoms with Gasteiger partial charge >= 0.3 is 5.97 Å². The lowest BCUT2D eigenvalue weighted by Gasteiger charge is -2.13. The van der Waals surface area contributed by atoms with Crippen molar-refractivity contribution in [1.29, 1.82) is 0 Å². The largest absolute Gasteiger partial charge is 0.493 e. The van der Waals surface area contributed by atoms with E-state index in [0.29, 0.717) is 23.3 Å². The van der Waals surface area contributed by atoms with E-state index in [9.17, 15) is 9.90 Å². The molecule has 5 heteroatoms. The Balaban J connectivity index is 2.19. The van der Waals surface area contributed by atoms with E-state index in [4.69, 9.17) is 21.4 Å². The Hall–Kier alpha value is -1.26. The zero-order chi connectivity index (χ0) is 12.4. The minimum absolute atomic E-state index is 0.200. The van der Waals surface area contributed by atoms with Gasteiger partial charge in [-0.2, -0.15) is 0 Å². The van der Waals surface area contributed by atoms with Gasteiger partial charge in [0.2, 0.25) is 0 Å². The maximum atomic E-state index is 10.8. The first-order chi connectivity index (χ1) is 8.08. The van der Waals surface area contributed by atoms with E-state index in [1.54, 1.807) is 12.1 Å². The fourth-order valence-electron chi connectivity index (χ4n) is 1.49. The molecule has 1 fully saturated rings. The molecule has 2 rings (SSSR count). The summed E-state index contributed by atoms with van der Waals surface area (Å²) in [5.41, 5.74) is 0.200. The monoisotopic (exact) mass is 256 g/mol. The van der Waals surface area contributed by atoms with Crippen LogP contribution < -0.4 is 4.74 Å². The van der Waals surface area contributed by atoms with Gasteiger partial charge in [0.15, 0.2) is 6.10 Å². The highest BCUT2D eigenvalue weighted by Crippen LogP contribution is 2.33. The van der Waals surface area contributed by atoms with Crippen molar-refractivity contribution in [3.05, 3.63) is 28.8 Å². The summed E-state index contributed by atoms with van der Waals surface area (Å²) in [7, 11) is 0. The van der Waals surface area contributed by atoms with Gasteiger partial charge in [-0.05, 0) is 37.0 Å². The lowest BCUT2D eigenvalue weighted by Crippen LogP contribution is -2.13. The highest BCUT2D eigenvalue weighted by atomic mass is 35.5. The van der Waals surface area contributed by atoms with E-state index in [2.05, 4.69) is 0 Å². The summed E-state index contributed by atoms with van der Waals surface area (Å²) >= 11 is 5.78. The van der Waals surface area contributed by atoms with Crippen LogP contribution in [0.2, 0.25) is 5.02 Å². The van der Waals surface area contributed by atoms with Crippen molar-refractivity contribution in [1.82, 2.24) is 0 Å². The molecule has 1 saturated carbocycles. The second kappa shape index (κ2) is 4.94. The highest BCUT2D eigenvalue weighted by molar-refractivity contribution is 6.30. The number of benzene rings is 1. The first-order valence-electron chi connectivity index (χ1n) is 5.41. The number of carboxylic acids is 1. The first kappa shape index (κ1) is 12.2. The molecule has 0 aromatic heterocycles. The van der Waals surface area contributed by atoms with Crippen LogP contribution in [0.3, 0.4) is 0 Å². The number of hydrogen-bond acceptors (Lipinski definition) is 3. The smallest absolute Gasteiger partial charge is 0.337 e. The molecule has 0 spiro atoms. The summed E-state index contributed by atoms with van der Waals surface area (Å²) < 4.78 is 5.51. The fourth-order valence-corrected chi connectivity index (χ4v) is 1.67. The van der Waals surface area contributed by atoms with Crippen molar-refractivity contribution in [3.8, 4) is 5.75 Å². The molecule has 17 heavy (non-hydrogen) atoms. The summed E-state index contributed by atoms with van der Waals surface area (Å²) in [5.74, 6) is -0.375. The molecule has 0 bridgehead atoms. The van der Waals surface area contributed by atoms with Gasteiger partial charge in [-0.25, -0.2) is 4.79 Å². The maximum absolute atomic E-state index is 10.8. The molecule has 1 atom stereocenters. The van der Waals surface area contributed by atoms with Crippen LogP contribution in [0.1, 0.15) is 24.5 Å². The lowest BCUT2D eigenvalue weighted by molar-refractivity contribution is -0.147. The molecule has 0 saturated heterocycles. The van der Waals surface area contributed by atoms with E-state index in [0.717, 1.165) is 12.8 Å². The second-order valence-corrected chi connectivity index (χ2v) is 4.61. The van der Waals surface area contributed by atoms with Gasteiger partial charge in [-0.3, -0.25) is 0 Å². The third-order valence-electron chi connectivity index (χ3n) is 2.67. The Bertz CT molecular complexity index is 429. The normalized spacial score (nSPS) is 16.6. The molecule has 0 radical (unpaired) electrons. The SMILES string of the molecule is O=C(O)C(O)c1cc(Cl)ccc1OCC1CC1. The second-order valence-electron chi connectivity index (χ2n) is 4.18. The zero-order valence-corrected chi connectivity index (χ0v) is 9.85. The van der Waals surface area contributed by atoms with Gasteiger partial charge in [0, 0.05) is 10.6 Å². The van der Waals surface area contributed by atoms with Gasteiger partial charge in [0.1, 0.15) is 5.75 Å². The summed E-state index contributed by atoms with van der Waals surface area (Å²) in [6.07, 6.45) is 0.678.